The fourth-order valence-electron chi connectivity index (χ4n) is 6.89. The first kappa shape index (κ1) is 30.2. The molecule has 0 spiro atoms. The van der Waals surface area contributed by atoms with E-state index >= 15 is 0 Å². The maximum Gasteiger partial charge on any atom is 0.258 e. The number of halogens is 1. The monoisotopic (exact) mass is 602 g/mol. The normalized spacial score (nSPS) is 18.9. The zero-order valence-corrected chi connectivity index (χ0v) is 26.4. The summed E-state index contributed by atoms with van der Waals surface area (Å²) in [5, 5.41) is 0. The van der Waals surface area contributed by atoms with Crippen molar-refractivity contribution in [2.24, 2.45) is 5.41 Å². The quantitative estimate of drug-likeness (QED) is 0.316. The van der Waals surface area contributed by atoms with Gasteiger partial charge in [0, 0.05) is 75.0 Å². The molecule has 2 aliphatic heterocycles. The number of likely N-dealkylation sites (N-methyl/N-ethyl adjacent to an activating group) is 1. The second-order valence-electron chi connectivity index (χ2n) is 13.5. The van der Waals surface area contributed by atoms with Crippen molar-refractivity contribution in [3.05, 3.63) is 65.6 Å². The highest BCUT2D eigenvalue weighted by Crippen LogP contribution is 2.44. The number of carbonyl (C=O) groups excluding carboxylic acids is 1. The van der Waals surface area contributed by atoms with Crippen LogP contribution in [0.15, 0.2) is 43.0 Å². The lowest BCUT2D eigenvalue weighted by molar-refractivity contribution is 0.0101. The van der Waals surface area contributed by atoms with Crippen LogP contribution in [0.4, 0.5) is 10.2 Å². The van der Waals surface area contributed by atoms with E-state index < -0.39 is 5.82 Å². The molecule has 0 bridgehead atoms. The highest BCUT2D eigenvalue weighted by atomic mass is 19.1. The van der Waals surface area contributed by atoms with Crippen molar-refractivity contribution in [1.82, 2.24) is 24.8 Å². The molecule has 3 aromatic rings. The number of piperidine rings is 1. The third kappa shape index (κ3) is 6.36. The van der Waals surface area contributed by atoms with Gasteiger partial charge in [-0.1, -0.05) is 13.8 Å². The average molecular weight is 603 g/mol. The Kier molecular flexibility index (Phi) is 8.46. The molecule has 1 saturated heterocycles. The summed E-state index contributed by atoms with van der Waals surface area (Å²) in [5.74, 6) is 1.59. The van der Waals surface area contributed by atoms with Crippen molar-refractivity contribution in [2.75, 3.05) is 31.6 Å². The Bertz CT molecular complexity index is 1500. The van der Waals surface area contributed by atoms with Gasteiger partial charge in [-0.05, 0) is 63.4 Å². The molecular formula is C34H43FN6O3. The molecule has 2 aromatic heterocycles. The number of ether oxygens (including phenoxy) is 2. The molecule has 234 valence electrons. The summed E-state index contributed by atoms with van der Waals surface area (Å²) in [6.07, 6.45) is 9.44. The number of hydrogen-bond donors (Lipinski definition) is 0. The van der Waals surface area contributed by atoms with Crippen LogP contribution < -0.4 is 14.4 Å². The number of aromatic nitrogens is 3. The summed E-state index contributed by atoms with van der Waals surface area (Å²) < 4.78 is 27.4. The molecular weight excluding hydrogens is 559 g/mol. The van der Waals surface area contributed by atoms with Crippen molar-refractivity contribution in [2.45, 2.75) is 84.5 Å². The Morgan fingerprint density at radius 3 is 2.57 bits per heavy atom. The summed E-state index contributed by atoms with van der Waals surface area (Å²) in [6, 6.07) is 6.19. The molecule has 3 aliphatic rings. The lowest BCUT2D eigenvalue weighted by Gasteiger charge is -2.49. The van der Waals surface area contributed by atoms with Crippen molar-refractivity contribution >= 4 is 11.7 Å². The molecule has 1 amide bonds. The van der Waals surface area contributed by atoms with Crippen LogP contribution in [0.1, 0.15) is 75.0 Å². The van der Waals surface area contributed by atoms with Crippen LogP contribution in [0.3, 0.4) is 0 Å². The van der Waals surface area contributed by atoms with Crippen LogP contribution in [-0.2, 0) is 13.0 Å². The largest absolute Gasteiger partial charge is 0.490 e. The van der Waals surface area contributed by atoms with Crippen LogP contribution in [0, 0.1) is 11.2 Å². The summed E-state index contributed by atoms with van der Waals surface area (Å²) in [6.45, 7) is 11.7. The van der Waals surface area contributed by atoms with E-state index in [9.17, 15) is 9.18 Å². The molecule has 0 radical (unpaired) electrons. The van der Waals surface area contributed by atoms with E-state index in [2.05, 4.69) is 45.6 Å². The van der Waals surface area contributed by atoms with Crippen LogP contribution >= 0.6 is 0 Å². The van der Waals surface area contributed by atoms with Gasteiger partial charge in [-0.25, -0.2) is 14.4 Å². The van der Waals surface area contributed by atoms with Crippen molar-refractivity contribution in [3.63, 3.8) is 0 Å². The number of fused-ring (bicyclic) bond motifs is 1. The second-order valence-corrected chi connectivity index (χ2v) is 13.5. The molecule has 44 heavy (non-hydrogen) atoms. The second kappa shape index (κ2) is 12.3. The van der Waals surface area contributed by atoms with Crippen molar-refractivity contribution in [3.8, 4) is 17.2 Å². The average Bonchev–Trinajstić information content (AvgIpc) is 2.98. The van der Waals surface area contributed by atoms with Crippen LogP contribution in [0.2, 0.25) is 0 Å². The van der Waals surface area contributed by atoms with Crippen LogP contribution in [0.25, 0.3) is 0 Å². The molecule has 9 nitrogen and oxygen atoms in total. The third-order valence-electron chi connectivity index (χ3n) is 9.11. The van der Waals surface area contributed by atoms with Crippen LogP contribution in [0.5, 0.6) is 17.2 Å². The summed E-state index contributed by atoms with van der Waals surface area (Å²) in [7, 11) is 2.12. The number of amides is 1. The lowest BCUT2D eigenvalue weighted by atomic mass is 9.67. The van der Waals surface area contributed by atoms with Gasteiger partial charge in [-0.3, -0.25) is 9.78 Å². The molecule has 10 heteroatoms. The fourth-order valence-corrected chi connectivity index (χ4v) is 6.89. The number of benzene rings is 1. The highest BCUT2D eigenvalue weighted by molar-refractivity contribution is 5.97. The van der Waals surface area contributed by atoms with Gasteiger partial charge < -0.3 is 24.2 Å². The minimum atomic E-state index is -0.480. The topological polar surface area (TPSA) is 83.9 Å². The predicted molar refractivity (Wildman–Crippen MR) is 167 cm³/mol. The van der Waals surface area contributed by atoms with E-state index in [0.717, 1.165) is 69.7 Å². The molecule has 0 N–H and O–H groups in total. The predicted octanol–water partition coefficient (Wildman–Crippen LogP) is 5.88. The summed E-state index contributed by atoms with van der Waals surface area (Å²) in [4.78, 5) is 33.6. The van der Waals surface area contributed by atoms with E-state index in [0.29, 0.717) is 17.3 Å². The number of anilines is 1. The van der Waals surface area contributed by atoms with Gasteiger partial charge >= 0.3 is 0 Å². The standard InChI is InChI=1S/C34H43FN6O3/c1-22(2)41(24-17-34(3,4)18-24)33(42)26-16-23(35)6-7-29(26)44-31-19-36-21-38-32(31)40-14-9-25(10-15-40)43-30-8-12-37-28-11-13-39(5)20-27(28)30/h6-8,12,16,19,21-22,24-25H,9-11,13-15,17-18,20H2,1-5H3. The highest BCUT2D eigenvalue weighted by Gasteiger charge is 2.43. The number of pyridine rings is 1. The molecule has 1 saturated carbocycles. The maximum atomic E-state index is 14.5. The maximum absolute atomic E-state index is 14.5. The first-order valence-corrected chi connectivity index (χ1v) is 15.7. The van der Waals surface area contributed by atoms with E-state index in [-0.39, 0.29) is 35.1 Å². The molecule has 0 atom stereocenters. The number of hydrogen-bond acceptors (Lipinski definition) is 8. The van der Waals surface area contributed by atoms with Gasteiger partial charge in [0.1, 0.15) is 29.7 Å². The minimum Gasteiger partial charge on any atom is -0.490 e. The Hall–Kier alpha value is -3.79. The Morgan fingerprint density at radius 1 is 1.07 bits per heavy atom. The van der Waals surface area contributed by atoms with Crippen molar-refractivity contribution in [1.29, 1.82) is 0 Å². The molecule has 2 fully saturated rings. The molecule has 4 heterocycles. The van der Waals surface area contributed by atoms with E-state index in [1.54, 1.807) is 6.20 Å². The molecule has 1 aromatic carbocycles. The SMILES string of the molecule is CC(C)N(C(=O)c1cc(F)ccc1Oc1cncnc1N1CCC(Oc2ccnc3c2CN(C)CC3)CC1)C1CC(C)(C)C1. The zero-order chi connectivity index (χ0) is 31.0. The van der Waals surface area contributed by atoms with E-state index in [1.165, 1.54) is 30.1 Å². The van der Waals surface area contributed by atoms with Crippen LogP contribution in [-0.4, -0.2) is 75.5 Å². The van der Waals surface area contributed by atoms with Gasteiger partial charge in [0.25, 0.3) is 5.91 Å². The first-order chi connectivity index (χ1) is 21.1. The molecule has 6 rings (SSSR count). The third-order valence-corrected chi connectivity index (χ3v) is 9.11. The number of nitrogens with zero attached hydrogens (tertiary/aromatic N) is 6. The number of carbonyl (C=O) groups is 1. The minimum absolute atomic E-state index is 0.0302. The van der Waals surface area contributed by atoms with E-state index in [1.807, 2.05) is 31.0 Å². The zero-order valence-electron chi connectivity index (χ0n) is 26.4. The van der Waals surface area contributed by atoms with Gasteiger partial charge in [-0.15, -0.1) is 0 Å². The summed E-state index contributed by atoms with van der Waals surface area (Å²) >= 11 is 0. The lowest BCUT2D eigenvalue weighted by Crippen LogP contribution is -2.53. The smallest absolute Gasteiger partial charge is 0.258 e. The number of rotatable bonds is 8. The summed E-state index contributed by atoms with van der Waals surface area (Å²) in [5.41, 5.74) is 2.73. The van der Waals surface area contributed by atoms with Gasteiger partial charge in [0.05, 0.1) is 11.8 Å². The van der Waals surface area contributed by atoms with Gasteiger partial charge in [0.15, 0.2) is 11.6 Å². The van der Waals surface area contributed by atoms with Gasteiger partial charge in [-0.2, -0.15) is 0 Å². The Morgan fingerprint density at radius 2 is 1.84 bits per heavy atom. The Labute approximate surface area is 259 Å². The Balaban J connectivity index is 1.17. The molecule has 0 unspecified atom stereocenters. The van der Waals surface area contributed by atoms with E-state index in [4.69, 9.17) is 9.47 Å². The first-order valence-electron chi connectivity index (χ1n) is 15.7. The van der Waals surface area contributed by atoms with Crippen molar-refractivity contribution < 1.29 is 18.7 Å². The van der Waals surface area contributed by atoms with Gasteiger partial charge in [0.2, 0.25) is 0 Å². The molecule has 1 aliphatic carbocycles. The fraction of sp³-hybridized carbons (Fsp3) is 0.529.